The summed E-state index contributed by atoms with van der Waals surface area (Å²) in [6.07, 6.45) is 8.63. The first-order chi connectivity index (χ1) is 10.5. The first-order valence-electron chi connectivity index (χ1n) is 9.53. The van der Waals surface area contributed by atoms with E-state index in [0.717, 1.165) is 11.8 Å². The third kappa shape index (κ3) is 44.9. The van der Waals surface area contributed by atoms with Crippen LogP contribution in [0, 0.1) is 17.3 Å². The van der Waals surface area contributed by atoms with Gasteiger partial charge in [0.15, 0.2) is 0 Å². The topological polar surface area (TPSA) is 69.1 Å². The minimum absolute atomic E-state index is 0.570. The average Bonchev–Trinajstić information content (AvgIpc) is 2.41. The van der Waals surface area contributed by atoms with Crippen LogP contribution in [0.5, 0.6) is 0 Å². The first kappa shape index (κ1) is 30.2. The lowest BCUT2D eigenvalue weighted by Gasteiger charge is -2.33. The Bertz CT molecular complexity index is 207. The molecule has 23 heavy (non-hydrogen) atoms. The molecule has 4 N–H and O–H groups in total. The highest BCUT2D eigenvalue weighted by Crippen LogP contribution is 2.37. The largest absolute Gasteiger partial charge is 0.352 e. The van der Waals surface area contributed by atoms with Gasteiger partial charge in [-0.25, -0.2) is 4.79 Å². The Labute approximate surface area is 148 Å². The lowest BCUT2D eigenvalue weighted by atomic mass is 9.72. The minimum Gasteiger partial charge on any atom is -0.352 e. The molecule has 144 valence electrons. The van der Waals surface area contributed by atoms with Crippen molar-refractivity contribution in [3.8, 4) is 0 Å². The summed E-state index contributed by atoms with van der Waals surface area (Å²) in [5.74, 6) is 1.83. The highest BCUT2D eigenvalue weighted by molar-refractivity contribution is 5.69. The summed E-state index contributed by atoms with van der Waals surface area (Å²) in [5, 5.41) is 0. The van der Waals surface area contributed by atoms with Crippen LogP contribution in [0.15, 0.2) is 0 Å². The Morgan fingerprint density at radius 2 is 1.17 bits per heavy atom. The molecule has 0 atom stereocenters. The Balaban J connectivity index is -0.000000117. The highest BCUT2D eigenvalue weighted by Gasteiger charge is 2.25. The van der Waals surface area contributed by atoms with E-state index in [0.29, 0.717) is 5.41 Å². The number of urea groups is 1. The number of rotatable bonds is 0. The number of hydrogen-bond donors (Lipinski definition) is 2. The van der Waals surface area contributed by atoms with Crippen molar-refractivity contribution in [3.63, 3.8) is 0 Å². The molecule has 0 aromatic carbocycles. The van der Waals surface area contributed by atoms with Gasteiger partial charge in [-0.05, 0) is 30.1 Å². The number of nitrogens with two attached hydrogens (primary N) is 2. The molecule has 1 saturated carbocycles. The summed E-state index contributed by atoms with van der Waals surface area (Å²) in [5.41, 5.74) is 9.07. The fourth-order valence-electron chi connectivity index (χ4n) is 1.97. The lowest BCUT2D eigenvalue weighted by molar-refractivity contribution is 0.180. The third-order valence-electron chi connectivity index (χ3n) is 2.83. The minimum atomic E-state index is -0.833. The van der Waals surface area contributed by atoms with E-state index in [9.17, 15) is 0 Å². The molecule has 0 aliphatic heterocycles. The zero-order chi connectivity index (χ0) is 19.5. The Hall–Kier alpha value is -0.730. The van der Waals surface area contributed by atoms with Gasteiger partial charge in [-0.15, -0.1) is 0 Å². The molecule has 1 aliphatic rings. The molecule has 0 aromatic rings. The van der Waals surface area contributed by atoms with Crippen molar-refractivity contribution in [2.75, 3.05) is 0 Å². The molecule has 0 aromatic heterocycles. The van der Waals surface area contributed by atoms with Crippen molar-refractivity contribution in [1.82, 2.24) is 0 Å². The molecule has 3 heteroatoms. The summed E-state index contributed by atoms with van der Waals surface area (Å²) in [4.78, 5) is 9.00. The van der Waals surface area contributed by atoms with Crippen LogP contribution in [0.1, 0.15) is 108 Å². The van der Waals surface area contributed by atoms with E-state index in [-0.39, 0.29) is 0 Å². The van der Waals surface area contributed by atoms with E-state index in [4.69, 9.17) is 4.79 Å². The van der Waals surface area contributed by atoms with Gasteiger partial charge in [0.1, 0.15) is 0 Å². The zero-order valence-corrected chi connectivity index (χ0v) is 18.0. The van der Waals surface area contributed by atoms with E-state index in [1.807, 2.05) is 13.8 Å². The highest BCUT2D eigenvalue weighted by atomic mass is 16.2. The Morgan fingerprint density at radius 1 is 0.957 bits per heavy atom. The zero-order valence-electron chi connectivity index (χ0n) is 18.0. The van der Waals surface area contributed by atoms with Gasteiger partial charge in [0.25, 0.3) is 0 Å². The molecule has 1 aliphatic carbocycles. The van der Waals surface area contributed by atoms with Crippen molar-refractivity contribution < 1.29 is 4.79 Å². The van der Waals surface area contributed by atoms with Crippen LogP contribution in [0.25, 0.3) is 0 Å². The predicted molar refractivity (Wildman–Crippen MR) is 108 cm³/mol. The quantitative estimate of drug-likeness (QED) is 0.506. The maximum atomic E-state index is 9.00. The van der Waals surface area contributed by atoms with E-state index in [1.165, 1.54) is 38.5 Å². The second-order valence-electron chi connectivity index (χ2n) is 7.54. The fourth-order valence-corrected chi connectivity index (χ4v) is 1.97. The molecule has 0 radical (unpaired) electrons. The molecule has 1 rings (SSSR count). The predicted octanol–water partition coefficient (Wildman–Crippen LogP) is 6.74. The van der Waals surface area contributed by atoms with Crippen LogP contribution in [0.4, 0.5) is 4.79 Å². The smallest absolute Gasteiger partial charge is 0.309 e. The standard InChI is InChI=1S/C10H20.C4H10.C3H8.C2H6.CH4N2O/c1-10(2,3)9-7-5-4-6-8-9;1-4(2)3;1-3-2;1-2;2-1(3)4/h9H,4-8H2,1-3H3;4H,1-3H3;3H2,1-2H3;1-2H3;(H4,2,3,4). The Morgan fingerprint density at radius 3 is 1.30 bits per heavy atom. The van der Waals surface area contributed by atoms with Gasteiger partial charge < -0.3 is 11.5 Å². The van der Waals surface area contributed by atoms with Gasteiger partial charge in [-0.3, -0.25) is 0 Å². The van der Waals surface area contributed by atoms with Gasteiger partial charge in [0, 0.05) is 0 Å². The summed E-state index contributed by atoms with van der Waals surface area (Å²) in [6, 6.07) is -0.833. The molecular formula is C20H48N2O. The number of primary amides is 2. The van der Waals surface area contributed by atoms with Gasteiger partial charge in [0.05, 0.1) is 0 Å². The van der Waals surface area contributed by atoms with Crippen LogP contribution < -0.4 is 11.5 Å². The molecule has 0 saturated heterocycles. The normalized spacial score (nSPS) is 13.7. The van der Waals surface area contributed by atoms with Crippen molar-refractivity contribution in [2.24, 2.45) is 28.7 Å². The molecular weight excluding hydrogens is 284 g/mol. The van der Waals surface area contributed by atoms with Crippen molar-refractivity contribution in [1.29, 1.82) is 0 Å². The maximum absolute atomic E-state index is 9.00. The van der Waals surface area contributed by atoms with Crippen molar-refractivity contribution in [3.05, 3.63) is 0 Å². The Kier molecular flexibility index (Phi) is 27.9. The average molecular weight is 333 g/mol. The van der Waals surface area contributed by atoms with E-state index >= 15 is 0 Å². The SMILES string of the molecule is CC.CC(C)(C)C1CCCCC1.CC(C)C.CCC.NC(N)=O. The molecule has 0 bridgehead atoms. The number of hydrogen-bond acceptors (Lipinski definition) is 1. The number of carbonyl (C=O) groups is 1. The van der Waals surface area contributed by atoms with Crippen molar-refractivity contribution in [2.45, 2.75) is 108 Å². The van der Waals surface area contributed by atoms with Crippen LogP contribution >= 0.6 is 0 Å². The molecule has 3 nitrogen and oxygen atoms in total. The van der Waals surface area contributed by atoms with Crippen LogP contribution in [-0.4, -0.2) is 6.03 Å². The summed E-state index contributed by atoms with van der Waals surface area (Å²) < 4.78 is 0. The second-order valence-corrected chi connectivity index (χ2v) is 7.54. The summed E-state index contributed by atoms with van der Waals surface area (Å²) in [6.45, 7) is 21.9. The maximum Gasteiger partial charge on any atom is 0.309 e. The molecule has 0 unspecified atom stereocenters. The number of carbonyl (C=O) groups excluding carboxylic acids is 1. The van der Waals surface area contributed by atoms with Crippen LogP contribution in [-0.2, 0) is 0 Å². The molecule has 2 amide bonds. The van der Waals surface area contributed by atoms with Gasteiger partial charge in [-0.1, -0.05) is 94.9 Å². The third-order valence-corrected chi connectivity index (χ3v) is 2.83. The van der Waals surface area contributed by atoms with E-state index in [1.54, 1.807) is 0 Å². The van der Waals surface area contributed by atoms with Crippen LogP contribution in [0.3, 0.4) is 0 Å². The molecule has 0 spiro atoms. The summed E-state index contributed by atoms with van der Waals surface area (Å²) >= 11 is 0. The van der Waals surface area contributed by atoms with E-state index in [2.05, 4.69) is 66.9 Å². The molecule has 0 heterocycles. The van der Waals surface area contributed by atoms with Crippen molar-refractivity contribution >= 4 is 6.03 Å². The monoisotopic (exact) mass is 332 g/mol. The first-order valence-corrected chi connectivity index (χ1v) is 9.53. The van der Waals surface area contributed by atoms with E-state index < -0.39 is 6.03 Å². The van der Waals surface area contributed by atoms with Gasteiger partial charge >= 0.3 is 6.03 Å². The second kappa shape index (κ2) is 21.3. The molecule has 1 fully saturated rings. The lowest BCUT2D eigenvalue weighted by Crippen LogP contribution is -2.22. The fraction of sp³-hybridized carbons (Fsp3) is 0.950. The summed E-state index contributed by atoms with van der Waals surface area (Å²) in [7, 11) is 0. The van der Waals surface area contributed by atoms with Gasteiger partial charge in [0.2, 0.25) is 0 Å². The number of amides is 2. The van der Waals surface area contributed by atoms with Crippen LogP contribution in [0.2, 0.25) is 0 Å². The van der Waals surface area contributed by atoms with Gasteiger partial charge in [-0.2, -0.15) is 0 Å².